The molecule has 1 N–H and O–H groups in total. The Kier molecular flexibility index (Phi) is 3.54. The number of halogens is 2. The zero-order chi connectivity index (χ0) is 12.4. The normalized spacial score (nSPS) is 12.7. The minimum atomic E-state index is -0.618. The van der Waals surface area contributed by atoms with Crippen LogP contribution < -0.4 is 0 Å². The summed E-state index contributed by atoms with van der Waals surface area (Å²) in [6.07, 6.45) is 1.59. The molecule has 90 valence electrons. The number of aromatic nitrogens is 3. The summed E-state index contributed by atoms with van der Waals surface area (Å²) in [6, 6.07) is 4.54. The van der Waals surface area contributed by atoms with E-state index in [0.717, 1.165) is 0 Å². The van der Waals surface area contributed by atoms with E-state index >= 15 is 0 Å². The van der Waals surface area contributed by atoms with E-state index in [1.54, 1.807) is 18.3 Å². The van der Waals surface area contributed by atoms with Crippen molar-refractivity contribution in [1.82, 2.24) is 15.0 Å². The fraction of sp³-hybridized carbons (Fsp3) is 0.273. The lowest BCUT2D eigenvalue weighted by molar-refractivity contribution is 0.169. The Labute approximate surface area is 106 Å². The van der Waals surface area contributed by atoms with Crippen LogP contribution >= 0.6 is 15.9 Å². The van der Waals surface area contributed by atoms with Gasteiger partial charge in [-0.1, -0.05) is 12.1 Å². The molecule has 0 saturated heterocycles. The predicted octanol–water partition coefficient (Wildman–Crippen LogP) is 2.61. The van der Waals surface area contributed by atoms with Gasteiger partial charge in [-0.3, -0.25) is 0 Å². The molecule has 1 aromatic carbocycles. The van der Waals surface area contributed by atoms with Crippen LogP contribution in [-0.4, -0.2) is 20.1 Å². The lowest BCUT2D eigenvalue weighted by Gasteiger charge is -2.02. The largest absolute Gasteiger partial charge is 0.387 e. The molecule has 0 bridgehead atoms. The molecule has 17 heavy (non-hydrogen) atoms. The minimum absolute atomic E-state index is 0.331. The molecule has 0 amide bonds. The molecule has 0 saturated carbocycles. The van der Waals surface area contributed by atoms with Crippen LogP contribution in [0.25, 0.3) is 5.69 Å². The van der Waals surface area contributed by atoms with E-state index in [-0.39, 0.29) is 5.82 Å². The van der Waals surface area contributed by atoms with Crippen LogP contribution in [0.15, 0.2) is 28.9 Å². The first-order valence-electron chi connectivity index (χ1n) is 5.17. The first-order valence-corrected chi connectivity index (χ1v) is 5.97. The number of rotatable bonds is 3. The molecule has 0 aliphatic carbocycles. The van der Waals surface area contributed by atoms with E-state index in [1.165, 1.54) is 10.7 Å². The summed E-state index contributed by atoms with van der Waals surface area (Å²) in [7, 11) is 0. The lowest BCUT2D eigenvalue weighted by atomic mass is 10.2. The molecule has 0 spiro atoms. The molecule has 1 aromatic heterocycles. The van der Waals surface area contributed by atoms with Crippen molar-refractivity contribution in [2.24, 2.45) is 0 Å². The van der Waals surface area contributed by atoms with Crippen LogP contribution in [0.3, 0.4) is 0 Å². The van der Waals surface area contributed by atoms with Gasteiger partial charge < -0.3 is 5.11 Å². The Morgan fingerprint density at radius 2 is 2.29 bits per heavy atom. The molecule has 1 atom stereocenters. The van der Waals surface area contributed by atoms with Gasteiger partial charge in [0.15, 0.2) is 0 Å². The lowest BCUT2D eigenvalue weighted by Crippen LogP contribution is -1.96. The topological polar surface area (TPSA) is 50.9 Å². The Bertz CT molecular complexity index is 529. The van der Waals surface area contributed by atoms with Crippen molar-refractivity contribution in [3.8, 4) is 5.69 Å². The average Bonchev–Trinajstić information content (AvgIpc) is 2.81. The maximum absolute atomic E-state index is 13.1. The highest BCUT2D eigenvalue weighted by Crippen LogP contribution is 2.20. The molecule has 2 rings (SSSR count). The fourth-order valence-electron chi connectivity index (χ4n) is 1.39. The zero-order valence-corrected chi connectivity index (χ0v) is 10.7. The van der Waals surface area contributed by atoms with Gasteiger partial charge in [-0.05, 0) is 40.5 Å². The van der Waals surface area contributed by atoms with Crippen molar-refractivity contribution in [3.05, 3.63) is 40.4 Å². The quantitative estimate of drug-likeness (QED) is 0.948. The van der Waals surface area contributed by atoms with Crippen molar-refractivity contribution in [2.75, 3.05) is 0 Å². The van der Waals surface area contributed by atoms with Gasteiger partial charge in [-0.2, -0.15) is 0 Å². The van der Waals surface area contributed by atoms with Crippen molar-refractivity contribution < 1.29 is 9.50 Å². The molecule has 6 heteroatoms. The minimum Gasteiger partial charge on any atom is -0.387 e. The Hall–Kier alpha value is -1.27. The third-order valence-electron chi connectivity index (χ3n) is 2.41. The van der Waals surface area contributed by atoms with E-state index in [4.69, 9.17) is 0 Å². The highest BCUT2D eigenvalue weighted by atomic mass is 79.9. The predicted molar refractivity (Wildman–Crippen MR) is 64.3 cm³/mol. The molecule has 0 aliphatic rings. The van der Waals surface area contributed by atoms with Crippen LogP contribution in [0.4, 0.5) is 4.39 Å². The number of aliphatic hydroxyl groups is 1. The molecule has 1 unspecified atom stereocenters. The summed E-state index contributed by atoms with van der Waals surface area (Å²) in [5, 5.41) is 17.4. The summed E-state index contributed by atoms with van der Waals surface area (Å²) in [5.41, 5.74) is 1.19. The molecule has 4 nitrogen and oxygen atoms in total. The average molecular weight is 300 g/mol. The molecule has 0 aliphatic heterocycles. The van der Waals surface area contributed by atoms with Crippen molar-refractivity contribution >= 4 is 15.9 Å². The molecule has 1 heterocycles. The van der Waals surface area contributed by atoms with Crippen molar-refractivity contribution in [2.45, 2.75) is 19.4 Å². The summed E-state index contributed by atoms with van der Waals surface area (Å²) < 4.78 is 14.9. The number of hydrogen-bond acceptors (Lipinski definition) is 3. The first-order chi connectivity index (χ1) is 8.11. The molecular weight excluding hydrogens is 289 g/mol. The van der Waals surface area contributed by atoms with Crippen LogP contribution in [0.5, 0.6) is 0 Å². The second-order valence-corrected chi connectivity index (χ2v) is 4.46. The zero-order valence-electron chi connectivity index (χ0n) is 9.14. The summed E-state index contributed by atoms with van der Waals surface area (Å²) in [6.45, 7) is 1.86. The van der Waals surface area contributed by atoms with Crippen molar-refractivity contribution in [3.63, 3.8) is 0 Å². The van der Waals surface area contributed by atoms with Gasteiger partial charge in [0, 0.05) is 0 Å². The van der Waals surface area contributed by atoms with E-state index in [2.05, 4.69) is 26.2 Å². The first kappa shape index (κ1) is 12.2. The number of benzene rings is 1. The van der Waals surface area contributed by atoms with Crippen LogP contribution in [0, 0.1) is 5.82 Å². The molecule has 2 aromatic rings. The van der Waals surface area contributed by atoms with Crippen LogP contribution in [0.1, 0.15) is 25.1 Å². The highest BCUT2D eigenvalue weighted by molar-refractivity contribution is 9.10. The van der Waals surface area contributed by atoms with Gasteiger partial charge in [-0.25, -0.2) is 9.07 Å². The Balaban J connectivity index is 2.33. The van der Waals surface area contributed by atoms with Crippen LogP contribution in [0.2, 0.25) is 0 Å². The van der Waals surface area contributed by atoms with Gasteiger partial charge >= 0.3 is 0 Å². The van der Waals surface area contributed by atoms with Gasteiger partial charge in [0.25, 0.3) is 0 Å². The monoisotopic (exact) mass is 299 g/mol. The maximum Gasteiger partial charge on any atom is 0.137 e. The van der Waals surface area contributed by atoms with Crippen molar-refractivity contribution in [1.29, 1.82) is 0 Å². The molecular formula is C11H11BrFN3O. The van der Waals surface area contributed by atoms with Gasteiger partial charge in [0.2, 0.25) is 0 Å². The van der Waals surface area contributed by atoms with E-state index in [0.29, 0.717) is 22.3 Å². The third kappa shape index (κ3) is 2.53. The summed E-state index contributed by atoms with van der Waals surface area (Å²) >= 11 is 3.11. The van der Waals surface area contributed by atoms with Gasteiger partial charge in [-0.15, -0.1) is 5.10 Å². The number of hydrogen-bond donors (Lipinski definition) is 1. The highest BCUT2D eigenvalue weighted by Gasteiger charge is 2.11. The Morgan fingerprint density at radius 3 is 2.94 bits per heavy atom. The van der Waals surface area contributed by atoms with E-state index in [1.807, 2.05) is 6.92 Å². The summed E-state index contributed by atoms with van der Waals surface area (Å²) in [4.78, 5) is 0. The smallest absolute Gasteiger partial charge is 0.137 e. The second kappa shape index (κ2) is 4.93. The fourth-order valence-corrected chi connectivity index (χ4v) is 1.76. The number of nitrogens with zero attached hydrogens (tertiary/aromatic N) is 3. The van der Waals surface area contributed by atoms with Gasteiger partial charge in [0.05, 0.1) is 22.5 Å². The second-order valence-electron chi connectivity index (χ2n) is 3.61. The van der Waals surface area contributed by atoms with Crippen LogP contribution in [-0.2, 0) is 0 Å². The standard InChI is InChI=1S/C11H11BrFN3O/c1-2-11(17)10-6-16(15-14-10)7-3-4-9(13)8(12)5-7/h3-6,11,17H,2H2,1H3. The maximum atomic E-state index is 13.1. The number of aliphatic hydroxyl groups excluding tert-OH is 1. The molecule has 0 radical (unpaired) electrons. The van der Waals surface area contributed by atoms with Gasteiger partial charge in [0.1, 0.15) is 11.5 Å². The van der Waals surface area contributed by atoms with E-state index in [9.17, 15) is 9.50 Å². The van der Waals surface area contributed by atoms with E-state index < -0.39 is 6.10 Å². The SMILES string of the molecule is CCC(O)c1cn(-c2ccc(F)c(Br)c2)nn1. The summed E-state index contributed by atoms with van der Waals surface area (Å²) in [5.74, 6) is -0.331. The Morgan fingerprint density at radius 1 is 1.53 bits per heavy atom. The molecule has 0 fully saturated rings. The third-order valence-corrected chi connectivity index (χ3v) is 3.01.